The molecule has 6 heteroatoms. The molecule has 29 heavy (non-hydrogen) atoms. The van der Waals surface area contributed by atoms with Crippen LogP contribution < -0.4 is 5.32 Å². The molecule has 2 aromatic carbocycles. The fourth-order valence-corrected chi connectivity index (χ4v) is 3.64. The molecule has 2 aromatic rings. The number of carbonyl (C=O) groups excluding carboxylic acids is 2. The van der Waals surface area contributed by atoms with E-state index in [1.54, 1.807) is 24.0 Å². The lowest BCUT2D eigenvalue weighted by molar-refractivity contribution is -0.144. The van der Waals surface area contributed by atoms with E-state index in [4.69, 9.17) is 0 Å². The summed E-state index contributed by atoms with van der Waals surface area (Å²) >= 11 is 0. The highest BCUT2D eigenvalue weighted by atomic mass is 16.4. The Hall–Kier alpha value is -3.15. The maximum atomic E-state index is 13.2. The van der Waals surface area contributed by atoms with Crippen LogP contribution in [-0.2, 0) is 22.6 Å². The Labute approximate surface area is 170 Å². The topological polar surface area (TPSA) is 86.7 Å². The lowest BCUT2D eigenvalue weighted by Gasteiger charge is -2.29. The second-order valence-electron chi connectivity index (χ2n) is 7.51. The van der Waals surface area contributed by atoms with Crippen LogP contribution in [0, 0.1) is 5.92 Å². The molecule has 0 fully saturated rings. The van der Waals surface area contributed by atoms with Crippen molar-refractivity contribution in [2.45, 2.75) is 45.3 Å². The van der Waals surface area contributed by atoms with Crippen molar-refractivity contribution in [3.8, 4) is 0 Å². The number of carbonyl (C=O) groups is 3. The Morgan fingerprint density at radius 2 is 1.76 bits per heavy atom. The van der Waals surface area contributed by atoms with Crippen LogP contribution in [0.15, 0.2) is 54.6 Å². The summed E-state index contributed by atoms with van der Waals surface area (Å²) in [5, 5.41) is 12.2. The zero-order valence-corrected chi connectivity index (χ0v) is 16.7. The summed E-state index contributed by atoms with van der Waals surface area (Å²) in [6.45, 7) is 4.01. The van der Waals surface area contributed by atoms with Crippen LogP contribution >= 0.6 is 0 Å². The van der Waals surface area contributed by atoms with Crippen LogP contribution in [0.1, 0.15) is 41.8 Å². The van der Waals surface area contributed by atoms with Crippen molar-refractivity contribution in [2.75, 3.05) is 0 Å². The molecule has 0 saturated carbocycles. The minimum atomic E-state index is -1.07. The van der Waals surface area contributed by atoms with Crippen LogP contribution in [0.25, 0.3) is 0 Å². The number of carboxylic acids is 1. The summed E-state index contributed by atoms with van der Waals surface area (Å²) in [6.07, 6.45) is 0.938. The molecule has 0 aliphatic carbocycles. The predicted octanol–water partition coefficient (Wildman–Crippen LogP) is 2.87. The Morgan fingerprint density at radius 1 is 1.10 bits per heavy atom. The van der Waals surface area contributed by atoms with Gasteiger partial charge in [-0.1, -0.05) is 68.8 Å². The number of hydrogen-bond acceptors (Lipinski definition) is 3. The lowest BCUT2D eigenvalue weighted by Crippen LogP contribution is -2.54. The maximum absolute atomic E-state index is 13.2. The molecule has 1 heterocycles. The van der Waals surface area contributed by atoms with Gasteiger partial charge in [-0.2, -0.15) is 0 Å². The smallest absolute Gasteiger partial charge is 0.326 e. The van der Waals surface area contributed by atoms with Crippen LogP contribution in [0.3, 0.4) is 0 Å². The van der Waals surface area contributed by atoms with Crippen molar-refractivity contribution in [1.29, 1.82) is 0 Å². The van der Waals surface area contributed by atoms with Gasteiger partial charge in [-0.05, 0) is 23.1 Å². The molecule has 0 bridgehead atoms. The predicted molar refractivity (Wildman–Crippen MR) is 109 cm³/mol. The monoisotopic (exact) mass is 394 g/mol. The summed E-state index contributed by atoms with van der Waals surface area (Å²) in [4.78, 5) is 39.4. The number of nitrogens with one attached hydrogen (secondary N) is 1. The fourth-order valence-electron chi connectivity index (χ4n) is 3.64. The summed E-state index contributed by atoms with van der Waals surface area (Å²) in [5.41, 5.74) is 2.38. The van der Waals surface area contributed by atoms with Crippen molar-refractivity contribution < 1.29 is 19.5 Å². The number of aliphatic carboxylic acids is 1. The Morgan fingerprint density at radius 3 is 2.38 bits per heavy atom. The van der Waals surface area contributed by atoms with Crippen molar-refractivity contribution in [3.05, 3.63) is 71.3 Å². The zero-order chi connectivity index (χ0) is 21.0. The SMILES string of the molecule is CC[C@H](C)[C@H](NC(=O)[C@H](Cc1ccccc1)N1Cc2ccccc2C1=O)C(=O)O. The van der Waals surface area contributed by atoms with E-state index < -0.39 is 24.0 Å². The minimum absolute atomic E-state index is 0.202. The Kier molecular flexibility index (Phi) is 6.32. The third kappa shape index (κ3) is 4.47. The van der Waals surface area contributed by atoms with E-state index in [-0.39, 0.29) is 11.8 Å². The molecule has 0 saturated heterocycles. The molecule has 6 nitrogen and oxygen atoms in total. The summed E-state index contributed by atoms with van der Waals surface area (Å²) in [7, 11) is 0. The molecule has 2 N–H and O–H groups in total. The van der Waals surface area contributed by atoms with Gasteiger partial charge in [0.05, 0.1) is 0 Å². The summed E-state index contributed by atoms with van der Waals surface area (Å²) in [5.74, 6) is -1.93. The van der Waals surface area contributed by atoms with Gasteiger partial charge in [-0.3, -0.25) is 9.59 Å². The van der Waals surface area contributed by atoms with Gasteiger partial charge < -0.3 is 15.3 Å². The number of fused-ring (bicyclic) bond motifs is 1. The normalized spacial score (nSPS) is 16.1. The van der Waals surface area contributed by atoms with Gasteiger partial charge in [0, 0.05) is 18.5 Å². The van der Waals surface area contributed by atoms with Gasteiger partial charge >= 0.3 is 5.97 Å². The second-order valence-corrected chi connectivity index (χ2v) is 7.51. The maximum Gasteiger partial charge on any atom is 0.326 e. The van der Waals surface area contributed by atoms with Crippen LogP contribution in [-0.4, -0.2) is 39.9 Å². The standard InChI is InChI=1S/C23H26N2O4/c1-3-15(2)20(23(28)29)24-21(26)19(13-16-9-5-4-6-10-16)25-14-17-11-7-8-12-18(17)22(25)27/h4-12,15,19-20H,3,13-14H2,1-2H3,(H,24,26)(H,28,29)/t15-,19-,20-/m0/s1. The van der Waals surface area contributed by atoms with Crippen molar-refractivity contribution in [3.63, 3.8) is 0 Å². The van der Waals surface area contributed by atoms with Crippen molar-refractivity contribution >= 4 is 17.8 Å². The van der Waals surface area contributed by atoms with Gasteiger partial charge in [0.15, 0.2) is 0 Å². The molecular formula is C23H26N2O4. The number of benzene rings is 2. The quantitative estimate of drug-likeness (QED) is 0.721. The molecule has 0 radical (unpaired) electrons. The van der Waals surface area contributed by atoms with Gasteiger partial charge in [-0.25, -0.2) is 4.79 Å². The van der Waals surface area contributed by atoms with E-state index in [1.165, 1.54) is 0 Å². The van der Waals surface area contributed by atoms with E-state index in [2.05, 4.69) is 5.32 Å². The highest BCUT2D eigenvalue weighted by Crippen LogP contribution is 2.26. The Balaban J connectivity index is 1.88. The van der Waals surface area contributed by atoms with Crippen molar-refractivity contribution in [1.82, 2.24) is 10.2 Å². The zero-order valence-electron chi connectivity index (χ0n) is 16.7. The molecule has 0 spiro atoms. The molecular weight excluding hydrogens is 368 g/mol. The first-order valence-corrected chi connectivity index (χ1v) is 9.88. The average Bonchev–Trinajstić information content (AvgIpc) is 3.06. The highest BCUT2D eigenvalue weighted by Gasteiger charge is 2.38. The van der Waals surface area contributed by atoms with E-state index in [9.17, 15) is 19.5 Å². The molecule has 1 aliphatic heterocycles. The fraction of sp³-hybridized carbons (Fsp3) is 0.348. The van der Waals surface area contributed by atoms with Crippen LogP contribution in [0.5, 0.6) is 0 Å². The minimum Gasteiger partial charge on any atom is -0.480 e. The van der Waals surface area contributed by atoms with Gasteiger partial charge in [0.1, 0.15) is 12.1 Å². The van der Waals surface area contributed by atoms with Gasteiger partial charge in [0.25, 0.3) is 5.91 Å². The van der Waals surface area contributed by atoms with E-state index in [0.717, 1.165) is 11.1 Å². The second kappa shape index (κ2) is 8.90. The number of nitrogens with zero attached hydrogens (tertiary/aromatic N) is 1. The van der Waals surface area contributed by atoms with Crippen molar-refractivity contribution in [2.24, 2.45) is 5.92 Å². The number of amides is 2. The number of carboxylic acid groups (broad SMARTS) is 1. The van der Waals surface area contributed by atoms with E-state index in [1.807, 2.05) is 49.4 Å². The molecule has 0 aromatic heterocycles. The van der Waals surface area contributed by atoms with E-state index in [0.29, 0.717) is 24.9 Å². The molecule has 3 rings (SSSR count). The van der Waals surface area contributed by atoms with E-state index >= 15 is 0 Å². The van der Waals surface area contributed by atoms with Crippen LogP contribution in [0.2, 0.25) is 0 Å². The molecule has 152 valence electrons. The first-order chi connectivity index (χ1) is 13.9. The Bertz CT molecular complexity index is 897. The first kappa shape index (κ1) is 20.6. The van der Waals surface area contributed by atoms with Gasteiger partial charge in [-0.15, -0.1) is 0 Å². The van der Waals surface area contributed by atoms with Crippen LogP contribution in [0.4, 0.5) is 0 Å². The van der Waals surface area contributed by atoms with Gasteiger partial charge in [0.2, 0.25) is 5.91 Å². The molecule has 1 aliphatic rings. The number of hydrogen-bond donors (Lipinski definition) is 2. The summed E-state index contributed by atoms with van der Waals surface area (Å²) < 4.78 is 0. The molecule has 2 amide bonds. The largest absolute Gasteiger partial charge is 0.480 e. The molecule has 3 atom stereocenters. The highest BCUT2D eigenvalue weighted by molar-refractivity contribution is 6.01. The lowest BCUT2D eigenvalue weighted by atomic mass is 9.97. The number of rotatable bonds is 8. The molecule has 0 unspecified atom stereocenters. The first-order valence-electron chi connectivity index (χ1n) is 9.88. The average molecular weight is 394 g/mol. The third-order valence-corrected chi connectivity index (χ3v) is 5.58. The third-order valence-electron chi connectivity index (χ3n) is 5.58. The summed E-state index contributed by atoms with van der Waals surface area (Å²) in [6, 6.07) is 15.0.